The maximum atomic E-state index is 12.9. The largest absolute Gasteiger partial charge is 0.339 e. The summed E-state index contributed by atoms with van der Waals surface area (Å²) in [6, 6.07) is 21.9. The van der Waals surface area contributed by atoms with E-state index in [-0.39, 0.29) is 11.8 Å². The van der Waals surface area contributed by atoms with Crippen LogP contribution in [0.3, 0.4) is 0 Å². The SMILES string of the molecule is O=C(CCCc1ccccc1)N1CCN(C(=O)c2cccc(-n3cccc3)c2)CC1. The average Bonchev–Trinajstić information content (AvgIpc) is 3.35. The molecule has 0 saturated carbocycles. The van der Waals surface area contributed by atoms with Gasteiger partial charge in [-0.3, -0.25) is 9.59 Å². The maximum Gasteiger partial charge on any atom is 0.254 e. The molecule has 0 spiro atoms. The molecule has 3 aromatic rings. The lowest BCUT2D eigenvalue weighted by molar-refractivity contribution is -0.132. The van der Waals surface area contributed by atoms with Gasteiger partial charge in [-0.25, -0.2) is 0 Å². The third-order valence-electron chi connectivity index (χ3n) is 5.61. The number of aromatic nitrogens is 1. The second-order valence-electron chi connectivity index (χ2n) is 7.65. The molecule has 2 aromatic carbocycles. The molecule has 2 heterocycles. The van der Waals surface area contributed by atoms with Crippen LogP contribution in [0.25, 0.3) is 5.69 Å². The molecule has 1 saturated heterocycles. The van der Waals surface area contributed by atoms with E-state index < -0.39 is 0 Å². The molecule has 1 aliphatic rings. The fourth-order valence-electron chi connectivity index (χ4n) is 3.89. The summed E-state index contributed by atoms with van der Waals surface area (Å²) in [6.45, 7) is 2.37. The van der Waals surface area contributed by atoms with Crippen molar-refractivity contribution >= 4 is 11.8 Å². The number of carbonyl (C=O) groups is 2. The first kappa shape index (κ1) is 20.0. The third-order valence-corrected chi connectivity index (χ3v) is 5.61. The van der Waals surface area contributed by atoms with E-state index in [9.17, 15) is 9.59 Å². The number of nitrogens with zero attached hydrogens (tertiary/aromatic N) is 3. The Kier molecular flexibility index (Phi) is 6.28. The van der Waals surface area contributed by atoms with E-state index in [1.165, 1.54) is 5.56 Å². The summed E-state index contributed by atoms with van der Waals surface area (Å²) in [6.07, 6.45) is 6.26. The standard InChI is InChI=1S/C25H27N3O2/c29-24(13-6-10-21-8-2-1-3-9-21)27-16-18-28(19-17-27)25(30)22-11-7-12-23(20-22)26-14-4-5-15-26/h1-5,7-9,11-12,14-15,20H,6,10,13,16-19H2. The first-order valence-corrected chi connectivity index (χ1v) is 10.5. The van der Waals surface area contributed by atoms with Crippen molar-refractivity contribution in [2.75, 3.05) is 26.2 Å². The minimum absolute atomic E-state index is 0.0279. The molecular formula is C25H27N3O2. The highest BCUT2D eigenvalue weighted by Gasteiger charge is 2.24. The monoisotopic (exact) mass is 401 g/mol. The highest BCUT2D eigenvalue weighted by atomic mass is 16.2. The number of hydrogen-bond acceptors (Lipinski definition) is 2. The summed E-state index contributed by atoms with van der Waals surface area (Å²) in [7, 11) is 0. The Morgan fingerprint density at radius 2 is 1.47 bits per heavy atom. The second kappa shape index (κ2) is 9.44. The van der Waals surface area contributed by atoms with Gasteiger partial charge in [-0.1, -0.05) is 36.4 Å². The topological polar surface area (TPSA) is 45.6 Å². The zero-order valence-electron chi connectivity index (χ0n) is 17.1. The molecule has 0 atom stereocenters. The van der Waals surface area contributed by atoms with Crippen LogP contribution in [0.15, 0.2) is 79.1 Å². The molecule has 1 fully saturated rings. The molecule has 1 aromatic heterocycles. The number of aryl methyl sites for hydroxylation is 1. The summed E-state index contributed by atoms with van der Waals surface area (Å²) in [4.78, 5) is 29.2. The first-order chi connectivity index (χ1) is 14.7. The summed E-state index contributed by atoms with van der Waals surface area (Å²) in [5.74, 6) is 0.216. The lowest BCUT2D eigenvalue weighted by Crippen LogP contribution is -2.50. The van der Waals surface area contributed by atoms with Crippen molar-refractivity contribution in [3.63, 3.8) is 0 Å². The number of hydrogen-bond donors (Lipinski definition) is 0. The van der Waals surface area contributed by atoms with Crippen molar-refractivity contribution in [3.05, 3.63) is 90.3 Å². The van der Waals surface area contributed by atoms with E-state index in [0.717, 1.165) is 18.5 Å². The van der Waals surface area contributed by atoms with Crippen LogP contribution in [0.5, 0.6) is 0 Å². The van der Waals surface area contributed by atoms with Gasteiger partial charge in [-0.15, -0.1) is 0 Å². The highest BCUT2D eigenvalue weighted by Crippen LogP contribution is 2.15. The van der Waals surface area contributed by atoms with Gasteiger partial charge in [0, 0.05) is 56.2 Å². The van der Waals surface area contributed by atoms with E-state index in [4.69, 9.17) is 0 Å². The molecule has 4 rings (SSSR count). The Bertz CT molecular complexity index is 975. The van der Waals surface area contributed by atoms with Crippen LogP contribution in [-0.4, -0.2) is 52.4 Å². The van der Waals surface area contributed by atoms with Gasteiger partial charge in [0.2, 0.25) is 5.91 Å². The molecule has 0 bridgehead atoms. The van der Waals surface area contributed by atoms with E-state index in [1.54, 1.807) is 0 Å². The summed E-state index contributed by atoms with van der Waals surface area (Å²) < 4.78 is 1.99. The zero-order chi connectivity index (χ0) is 20.8. The van der Waals surface area contributed by atoms with Gasteiger partial charge < -0.3 is 14.4 Å². The third kappa shape index (κ3) is 4.79. The van der Waals surface area contributed by atoms with E-state index >= 15 is 0 Å². The average molecular weight is 402 g/mol. The van der Waals surface area contributed by atoms with Crippen LogP contribution in [0.4, 0.5) is 0 Å². The number of benzene rings is 2. The Balaban J connectivity index is 1.27. The quantitative estimate of drug-likeness (QED) is 0.631. The molecule has 30 heavy (non-hydrogen) atoms. The Morgan fingerprint density at radius 3 is 2.20 bits per heavy atom. The van der Waals surface area contributed by atoms with Gasteiger partial charge in [-0.2, -0.15) is 0 Å². The lowest BCUT2D eigenvalue weighted by atomic mass is 10.1. The van der Waals surface area contributed by atoms with Crippen molar-refractivity contribution in [2.24, 2.45) is 0 Å². The fraction of sp³-hybridized carbons (Fsp3) is 0.280. The Labute approximate surface area is 177 Å². The molecule has 0 unspecified atom stereocenters. The van der Waals surface area contributed by atoms with Crippen LogP contribution in [-0.2, 0) is 11.2 Å². The lowest BCUT2D eigenvalue weighted by Gasteiger charge is -2.35. The number of piperazine rings is 1. The molecular weight excluding hydrogens is 374 g/mol. The predicted molar refractivity (Wildman–Crippen MR) is 118 cm³/mol. The minimum Gasteiger partial charge on any atom is -0.339 e. The molecule has 5 nitrogen and oxygen atoms in total. The van der Waals surface area contributed by atoms with Crippen molar-refractivity contribution < 1.29 is 9.59 Å². The minimum atomic E-state index is 0.0279. The van der Waals surface area contributed by atoms with Gasteiger partial charge >= 0.3 is 0 Å². The van der Waals surface area contributed by atoms with Gasteiger partial charge in [0.15, 0.2) is 0 Å². The first-order valence-electron chi connectivity index (χ1n) is 10.5. The second-order valence-corrected chi connectivity index (χ2v) is 7.65. The summed E-state index contributed by atoms with van der Waals surface area (Å²) in [5.41, 5.74) is 2.92. The highest BCUT2D eigenvalue weighted by molar-refractivity contribution is 5.95. The van der Waals surface area contributed by atoms with Crippen LogP contribution >= 0.6 is 0 Å². The zero-order valence-corrected chi connectivity index (χ0v) is 17.1. The Morgan fingerprint density at radius 1 is 0.767 bits per heavy atom. The molecule has 0 aliphatic carbocycles. The van der Waals surface area contributed by atoms with E-state index in [0.29, 0.717) is 38.2 Å². The van der Waals surface area contributed by atoms with Crippen molar-refractivity contribution in [2.45, 2.75) is 19.3 Å². The van der Waals surface area contributed by atoms with Crippen LogP contribution < -0.4 is 0 Å². The van der Waals surface area contributed by atoms with Crippen LogP contribution in [0.1, 0.15) is 28.8 Å². The summed E-state index contributed by atoms with van der Waals surface area (Å²) in [5, 5.41) is 0. The van der Waals surface area contributed by atoms with Crippen molar-refractivity contribution in [1.29, 1.82) is 0 Å². The fourth-order valence-corrected chi connectivity index (χ4v) is 3.89. The van der Waals surface area contributed by atoms with Gasteiger partial charge in [-0.05, 0) is 48.7 Å². The van der Waals surface area contributed by atoms with Gasteiger partial charge in [0.05, 0.1) is 0 Å². The van der Waals surface area contributed by atoms with Crippen LogP contribution in [0, 0.1) is 0 Å². The number of amides is 2. The number of rotatable bonds is 6. The molecule has 154 valence electrons. The molecule has 0 radical (unpaired) electrons. The van der Waals surface area contributed by atoms with E-state index in [2.05, 4.69) is 12.1 Å². The van der Waals surface area contributed by atoms with Crippen molar-refractivity contribution in [3.8, 4) is 5.69 Å². The van der Waals surface area contributed by atoms with Crippen LogP contribution in [0.2, 0.25) is 0 Å². The number of carbonyl (C=O) groups excluding carboxylic acids is 2. The van der Waals surface area contributed by atoms with E-state index in [1.807, 2.05) is 81.4 Å². The maximum absolute atomic E-state index is 12.9. The molecule has 0 N–H and O–H groups in total. The van der Waals surface area contributed by atoms with Gasteiger partial charge in [0.1, 0.15) is 0 Å². The molecule has 2 amide bonds. The van der Waals surface area contributed by atoms with Crippen molar-refractivity contribution in [1.82, 2.24) is 14.4 Å². The molecule has 5 heteroatoms. The molecule has 1 aliphatic heterocycles. The van der Waals surface area contributed by atoms with Gasteiger partial charge in [0.25, 0.3) is 5.91 Å². The Hall–Kier alpha value is -3.34. The normalized spacial score (nSPS) is 14.0. The smallest absolute Gasteiger partial charge is 0.254 e. The predicted octanol–water partition coefficient (Wildman–Crippen LogP) is 3.78. The summed E-state index contributed by atoms with van der Waals surface area (Å²) >= 11 is 0.